The van der Waals surface area contributed by atoms with E-state index in [1.165, 1.54) is 23.5 Å². The van der Waals surface area contributed by atoms with Crippen molar-refractivity contribution >= 4 is 62.5 Å². The first-order chi connectivity index (χ1) is 10.4. The first-order valence-corrected chi connectivity index (χ1v) is 9.32. The fraction of sp³-hybridized carbons (Fsp3) is 0.429. The Hall–Kier alpha value is -0.880. The molecule has 8 heteroatoms. The number of rotatable bonds is 4. The van der Waals surface area contributed by atoms with E-state index in [4.69, 9.17) is 24.4 Å². The summed E-state index contributed by atoms with van der Waals surface area (Å²) in [5.41, 5.74) is 0. The van der Waals surface area contributed by atoms with E-state index in [1.54, 1.807) is 9.47 Å². The molecule has 0 radical (unpaired) electrons. The number of hydrogen-bond acceptors (Lipinski definition) is 6. The van der Waals surface area contributed by atoms with Crippen molar-refractivity contribution in [1.82, 2.24) is 9.47 Å². The minimum atomic E-state index is -0.731. The Kier molecular flexibility index (Phi) is 6.03. The van der Waals surface area contributed by atoms with Crippen LogP contribution < -0.4 is 0 Å². The van der Waals surface area contributed by atoms with Crippen LogP contribution in [-0.4, -0.2) is 41.1 Å². The van der Waals surface area contributed by atoms with Gasteiger partial charge in [0.2, 0.25) is 5.91 Å². The van der Waals surface area contributed by atoms with E-state index in [1.807, 2.05) is 31.5 Å². The van der Waals surface area contributed by atoms with Crippen LogP contribution in [0.5, 0.6) is 0 Å². The first kappa shape index (κ1) is 17.5. The molecule has 1 aliphatic heterocycles. The molecule has 0 spiro atoms. The zero-order chi connectivity index (χ0) is 16.2. The van der Waals surface area contributed by atoms with Gasteiger partial charge in [-0.1, -0.05) is 48.0 Å². The third-order valence-corrected chi connectivity index (χ3v) is 6.26. The highest BCUT2D eigenvalue weighted by molar-refractivity contribution is 8.24. The van der Waals surface area contributed by atoms with Gasteiger partial charge in [-0.2, -0.15) is 5.26 Å². The molecule has 0 unspecified atom stereocenters. The maximum Gasteiger partial charge on any atom is 0.228 e. The topological polar surface area (TPSA) is 49.0 Å². The molecule has 0 N–H and O–H groups in total. The molecule has 22 heavy (non-hydrogen) atoms. The maximum absolute atomic E-state index is 12.2. The lowest BCUT2D eigenvalue weighted by Crippen LogP contribution is -2.32. The van der Waals surface area contributed by atoms with Crippen molar-refractivity contribution in [3.8, 4) is 6.07 Å². The second-order valence-corrected chi connectivity index (χ2v) is 8.83. The molecule has 1 atom stereocenters. The van der Waals surface area contributed by atoms with Gasteiger partial charge in [0.1, 0.15) is 13.4 Å². The van der Waals surface area contributed by atoms with E-state index in [-0.39, 0.29) is 5.91 Å². The summed E-state index contributed by atoms with van der Waals surface area (Å²) in [6, 6.07) is 6.04. The van der Waals surface area contributed by atoms with Crippen molar-refractivity contribution in [1.29, 1.82) is 5.26 Å². The highest BCUT2D eigenvalue weighted by atomic mass is 32.2. The van der Waals surface area contributed by atoms with Crippen LogP contribution >= 0.6 is 48.0 Å². The third kappa shape index (κ3) is 4.32. The van der Waals surface area contributed by atoms with E-state index in [0.29, 0.717) is 28.0 Å². The molecule has 0 saturated carbocycles. The van der Waals surface area contributed by atoms with Crippen molar-refractivity contribution < 1.29 is 4.79 Å². The largest absolute Gasteiger partial charge is 0.310 e. The summed E-state index contributed by atoms with van der Waals surface area (Å²) < 4.78 is 2.31. The summed E-state index contributed by atoms with van der Waals surface area (Å²) in [4.78, 5) is 13.8. The Morgan fingerprint density at radius 2 is 2.23 bits per heavy atom. The monoisotopic (exact) mass is 369 g/mol. The van der Waals surface area contributed by atoms with Gasteiger partial charge in [-0.15, -0.1) is 0 Å². The summed E-state index contributed by atoms with van der Waals surface area (Å²) in [6.45, 7) is 2.48. The molecule has 0 bridgehead atoms. The molecular weight excluding hydrogens is 354 g/mol. The van der Waals surface area contributed by atoms with E-state index < -0.39 is 4.75 Å². The Morgan fingerprint density at radius 1 is 1.55 bits per heavy atom. The summed E-state index contributed by atoms with van der Waals surface area (Å²) in [5.74, 6) is 0.844. The Bertz CT molecular complexity index is 623. The number of thioether (sulfide) groups is 2. The maximum atomic E-state index is 12.2. The van der Waals surface area contributed by atoms with Crippen LogP contribution in [0.3, 0.4) is 0 Å². The van der Waals surface area contributed by atoms with Gasteiger partial charge in [-0.25, -0.2) is 0 Å². The van der Waals surface area contributed by atoms with Crippen LogP contribution in [0.4, 0.5) is 0 Å². The van der Waals surface area contributed by atoms with Crippen LogP contribution in [-0.2, 0) is 4.79 Å². The summed E-state index contributed by atoms with van der Waals surface area (Å²) >= 11 is 13.3. The number of nitriles is 1. The molecule has 0 aliphatic carbocycles. The summed E-state index contributed by atoms with van der Waals surface area (Å²) in [6.07, 6.45) is 4.43. The van der Waals surface area contributed by atoms with Gasteiger partial charge in [0, 0.05) is 31.1 Å². The van der Waals surface area contributed by atoms with Gasteiger partial charge in [0.15, 0.2) is 0 Å². The van der Waals surface area contributed by atoms with E-state index in [9.17, 15) is 10.1 Å². The fourth-order valence-corrected chi connectivity index (χ4v) is 4.71. The number of nitrogens with zero attached hydrogens (tertiary/aromatic N) is 3. The lowest BCUT2D eigenvalue weighted by atomic mass is 10.1. The average molecular weight is 370 g/mol. The van der Waals surface area contributed by atoms with Crippen LogP contribution in [0.2, 0.25) is 0 Å². The molecule has 1 saturated heterocycles. The van der Waals surface area contributed by atoms with E-state index in [0.717, 1.165) is 5.75 Å². The van der Waals surface area contributed by atoms with Crippen molar-refractivity contribution in [2.24, 2.45) is 0 Å². The molecule has 1 aromatic rings. The van der Waals surface area contributed by atoms with Crippen LogP contribution in [0, 0.1) is 11.3 Å². The zero-order valence-corrected chi connectivity index (χ0v) is 15.3. The summed E-state index contributed by atoms with van der Waals surface area (Å²) in [5, 5.41) is 9.47. The number of carbonyl (C=O) groups is 1. The second kappa shape index (κ2) is 7.59. The van der Waals surface area contributed by atoms with Gasteiger partial charge in [-0.05, 0) is 25.5 Å². The smallest absolute Gasteiger partial charge is 0.228 e. The number of amides is 1. The summed E-state index contributed by atoms with van der Waals surface area (Å²) in [7, 11) is 0. The van der Waals surface area contributed by atoms with Crippen LogP contribution in [0.1, 0.15) is 19.8 Å². The van der Waals surface area contributed by atoms with Crippen molar-refractivity contribution in [2.45, 2.75) is 24.5 Å². The van der Waals surface area contributed by atoms with Crippen molar-refractivity contribution in [3.05, 3.63) is 24.5 Å². The van der Waals surface area contributed by atoms with Gasteiger partial charge in [0.25, 0.3) is 0 Å². The van der Waals surface area contributed by atoms with E-state index in [2.05, 4.69) is 6.07 Å². The first-order valence-electron chi connectivity index (χ1n) is 6.70. The highest BCUT2D eigenvalue weighted by Crippen LogP contribution is 2.32. The van der Waals surface area contributed by atoms with Crippen LogP contribution in [0.15, 0.2) is 24.5 Å². The molecule has 1 fully saturated rings. The number of aromatic nitrogens is 1. The number of thiocarbonyl (C=S) groups is 2. The Balaban J connectivity index is 1.93. The molecule has 2 rings (SSSR count). The molecule has 2 heterocycles. The average Bonchev–Trinajstić information content (AvgIpc) is 3.16. The predicted octanol–water partition coefficient (Wildman–Crippen LogP) is 3.28. The highest BCUT2D eigenvalue weighted by Gasteiger charge is 2.31. The molecule has 116 valence electrons. The molecular formula is C14H15N3OS4. The molecule has 0 aromatic carbocycles. The number of hydrogen-bond donors (Lipinski definition) is 0. The third-order valence-electron chi connectivity index (χ3n) is 3.24. The Labute approximate surface area is 149 Å². The number of carbonyl (C=O) groups excluding carboxylic acids is 1. The normalized spacial score (nSPS) is 17.1. The molecule has 1 amide bonds. The Morgan fingerprint density at radius 3 is 2.77 bits per heavy atom. The molecule has 4 nitrogen and oxygen atoms in total. The van der Waals surface area contributed by atoms with E-state index >= 15 is 0 Å². The lowest BCUT2D eigenvalue weighted by Gasteiger charge is -2.22. The second-order valence-electron chi connectivity index (χ2n) is 4.96. The molecule has 1 aromatic heterocycles. The minimum absolute atomic E-state index is 0.0102. The SMILES string of the molecule is C[C@@](C#N)(CCC(=O)N1CCSC1=S)SC(=S)n1cccc1. The quantitative estimate of drug-likeness (QED) is 0.759. The van der Waals surface area contributed by atoms with Crippen molar-refractivity contribution in [2.75, 3.05) is 12.3 Å². The molecule has 1 aliphatic rings. The lowest BCUT2D eigenvalue weighted by molar-refractivity contribution is -0.127. The van der Waals surface area contributed by atoms with Gasteiger partial charge >= 0.3 is 0 Å². The minimum Gasteiger partial charge on any atom is -0.310 e. The van der Waals surface area contributed by atoms with Gasteiger partial charge < -0.3 is 4.57 Å². The van der Waals surface area contributed by atoms with Gasteiger partial charge in [-0.3, -0.25) is 9.69 Å². The predicted molar refractivity (Wildman–Crippen MR) is 100 cm³/mol. The zero-order valence-electron chi connectivity index (χ0n) is 12.0. The standard InChI is InChI=1S/C14H15N3OS4/c1-14(10-15,22-12(19)16-6-2-3-7-16)5-4-11(18)17-8-9-21-13(17)20/h2-3,6-7H,4-5,8-9H2,1H3/t14-/m0/s1. The van der Waals surface area contributed by atoms with Crippen molar-refractivity contribution in [3.63, 3.8) is 0 Å². The van der Waals surface area contributed by atoms with Gasteiger partial charge in [0.05, 0.1) is 6.07 Å². The fourth-order valence-electron chi connectivity index (χ4n) is 1.93. The van der Waals surface area contributed by atoms with Crippen LogP contribution in [0.25, 0.3) is 0 Å².